The van der Waals surface area contributed by atoms with Crippen molar-refractivity contribution in [2.24, 2.45) is 0 Å². The Hall–Kier alpha value is -1.59. The number of benzene rings is 2. The first-order chi connectivity index (χ1) is 9.31. The van der Waals surface area contributed by atoms with E-state index >= 15 is 0 Å². The van der Waals surface area contributed by atoms with Gasteiger partial charge in [0.1, 0.15) is 5.82 Å². The van der Waals surface area contributed by atoms with Gasteiger partial charge in [0, 0.05) is 16.3 Å². The molecule has 3 nitrogen and oxygen atoms in total. The van der Waals surface area contributed by atoms with Crippen LogP contribution in [-0.2, 0) is 15.6 Å². The van der Waals surface area contributed by atoms with Gasteiger partial charge in [-0.3, -0.25) is 0 Å². The summed E-state index contributed by atoms with van der Waals surface area (Å²) in [5.41, 5.74) is 6.80. The van der Waals surface area contributed by atoms with Crippen molar-refractivity contribution in [1.29, 1.82) is 0 Å². The number of rotatable bonds is 3. The lowest BCUT2D eigenvalue weighted by atomic mass is 10.2. The first-order valence-electron chi connectivity index (χ1n) is 5.83. The molecule has 0 heterocycles. The highest BCUT2D eigenvalue weighted by molar-refractivity contribution is 7.90. The van der Waals surface area contributed by atoms with Crippen LogP contribution in [0.25, 0.3) is 0 Å². The Labute approximate surface area is 122 Å². The van der Waals surface area contributed by atoms with E-state index in [4.69, 9.17) is 17.3 Å². The Morgan fingerprint density at radius 1 is 1.25 bits per heavy atom. The molecule has 0 atom stereocenters. The number of aryl methyl sites for hydroxylation is 1. The Morgan fingerprint density at radius 2 is 1.95 bits per heavy atom. The molecule has 106 valence electrons. The zero-order chi connectivity index (χ0) is 14.9. The lowest BCUT2D eigenvalue weighted by molar-refractivity contribution is 0.587. The maximum Gasteiger partial charge on any atom is 0.182 e. The van der Waals surface area contributed by atoms with Crippen molar-refractivity contribution >= 4 is 27.1 Å². The maximum absolute atomic E-state index is 13.7. The molecule has 0 spiro atoms. The standard InChI is InChI=1S/C14H13ClFNO2S/c1-9-7-10(5-6-14(9)17)20(18,19)8-11-12(15)3-2-4-13(11)16/h2-7H,8,17H2,1H3. The number of hydrogen-bond acceptors (Lipinski definition) is 3. The van der Waals surface area contributed by atoms with Gasteiger partial charge in [-0.15, -0.1) is 0 Å². The first-order valence-corrected chi connectivity index (χ1v) is 7.86. The van der Waals surface area contributed by atoms with E-state index < -0.39 is 21.4 Å². The Morgan fingerprint density at radius 3 is 2.55 bits per heavy atom. The normalized spacial score (nSPS) is 11.6. The Bertz CT molecular complexity index is 740. The third-order valence-corrected chi connectivity index (χ3v) is 4.99. The van der Waals surface area contributed by atoms with Crippen LogP contribution < -0.4 is 5.73 Å². The van der Waals surface area contributed by atoms with Crippen molar-refractivity contribution in [3.63, 3.8) is 0 Å². The number of anilines is 1. The molecule has 0 aliphatic heterocycles. The molecule has 0 saturated carbocycles. The molecule has 0 saturated heterocycles. The fraction of sp³-hybridized carbons (Fsp3) is 0.143. The second-order valence-corrected chi connectivity index (χ2v) is 6.87. The minimum Gasteiger partial charge on any atom is -0.399 e. The van der Waals surface area contributed by atoms with Crippen LogP contribution in [0.3, 0.4) is 0 Å². The summed E-state index contributed by atoms with van der Waals surface area (Å²) in [6, 6.07) is 8.48. The first kappa shape index (κ1) is 14.8. The van der Waals surface area contributed by atoms with Gasteiger partial charge in [0.25, 0.3) is 0 Å². The lowest BCUT2D eigenvalue weighted by Gasteiger charge is -2.09. The topological polar surface area (TPSA) is 60.2 Å². The Kier molecular flexibility index (Phi) is 4.01. The van der Waals surface area contributed by atoms with E-state index in [1.54, 1.807) is 6.92 Å². The zero-order valence-electron chi connectivity index (χ0n) is 10.7. The van der Waals surface area contributed by atoms with Crippen LogP contribution in [-0.4, -0.2) is 8.42 Å². The zero-order valence-corrected chi connectivity index (χ0v) is 12.3. The van der Waals surface area contributed by atoms with E-state index in [9.17, 15) is 12.8 Å². The predicted octanol–water partition coefficient (Wildman–Crippen LogP) is 3.34. The summed E-state index contributed by atoms with van der Waals surface area (Å²) < 4.78 is 38.3. The highest BCUT2D eigenvalue weighted by Crippen LogP contribution is 2.26. The summed E-state index contributed by atoms with van der Waals surface area (Å²) in [4.78, 5) is 0.100. The molecule has 2 aromatic carbocycles. The monoisotopic (exact) mass is 313 g/mol. The van der Waals surface area contributed by atoms with Crippen molar-refractivity contribution in [1.82, 2.24) is 0 Å². The molecule has 2 N–H and O–H groups in total. The number of halogens is 2. The van der Waals surface area contributed by atoms with E-state index in [2.05, 4.69) is 0 Å². The maximum atomic E-state index is 13.7. The van der Waals surface area contributed by atoms with Gasteiger partial charge in [-0.05, 0) is 42.8 Å². The molecule has 20 heavy (non-hydrogen) atoms. The number of sulfone groups is 1. The average molecular weight is 314 g/mol. The van der Waals surface area contributed by atoms with Gasteiger partial charge in [0.2, 0.25) is 0 Å². The molecule has 0 radical (unpaired) electrons. The molecule has 6 heteroatoms. The molecule has 2 rings (SSSR count). The highest BCUT2D eigenvalue weighted by atomic mass is 35.5. The van der Waals surface area contributed by atoms with E-state index in [1.165, 1.54) is 36.4 Å². The van der Waals surface area contributed by atoms with Crippen molar-refractivity contribution in [3.05, 3.63) is 58.4 Å². The number of nitrogens with two attached hydrogens (primary N) is 1. The van der Waals surface area contributed by atoms with Gasteiger partial charge in [-0.2, -0.15) is 0 Å². The van der Waals surface area contributed by atoms with E-state index in [-0.39, 0.29) is 15.5 Å². The quantitative estimate of drug-likeness (QED) is 0.884. The van der Waals surface area contributed by atoms with Crippen molar-refractivity contribution in [2.75, 3.05) is 5.73 Å². The SMILES string of the molecule is Cc1cc(S(=O)(=O)Cc2c(F)cccc2Cl)ccc1N. The molecule has 0 bridgehead atoms. The molecule has 0 aliphatic carbocycles. The summed E-state index contributed by atoms with van der Waals surface area (Å²) in [6.07, 6.45) is 0. The largest absolute Gasteiger partial charge is 0.399 e. The Balaban J connectivity index is 2.43. The number of hydrogen-bond donors (Lipinski definition) is 1. The predicted molar refractivity (Wildman–Crippen MR) is 77.9 cm³/mol. The fourth-order valence-corrected chi connectivity index (χ4v) is 3.57. The van der Waals surface area contributed by atoms with Crippen LogP contribution in [0.5, 0.6) is 0 Å². The van der Waals surface area contributed by atoms with E-state index in [0.717, 1.165) is 0 Å². The van der Waals surface area contributed by atoms with Gasteiger partial charge in [-0.1, -0.05) is 17.7 Å². The molecule has 0 unspecified atom stereocenters. The van der Waals surface area contributed by atoms with Crippen LogP contribution in [0.4, 0.5) is 10.1 Å². The molecule has 2 aromatic rings. The van der Waals surface area contributed by atoms with Crippen LogP contribution in [0, 0.1) is 12.7 Å². The van der Waals surface area contributed by atoms with Gasteiger partial charge in [0.05, 0.1) is 10.6 Å². The summed E-state index contributed by atoms with van der Waals surface area (Å²) in [6.45, 7) is 1.71. The fourth-order valence-electron chi connectivity index (χ4n) is 1.79. The summed E-state index contributed by atoms with van der Waals surface area (Å²) in [5, 5.41) is 0.0979. The summed E-state index contributed by atoms with van der Waals surface area (Å²) in [7, 11) is -3.68. The third kappa shape index (κ3) is 2.94. The van der Waals surface area contributed by atoms with Gasteiger partial charge in [0.15, 0.2) is 9.84 Å². The third-order valence-electron chi connectivity index (χ3n) is 3.00. The van der Waals surface area contributed by atoms with Crippen LogP contribution >= 0.6 is 11.6 Å². The molecule has 0 fully saturated rings. The highest BCUT2D eigenvalue weighted by Gasteiger charge is 2.20. The molecule has 0 amide bonds. The summed E-state index contributed by atoms with van der Waals surface area (Å²) >= 11 is 5.86. The second kappa shape index (κ2) is 5.42. The van der Waals surface area contributed by atoms with Crippen LogP contribution in [0.15, 0.2) is 41.3 Å². The average Bonchev–Trinajstić information content (AvgIpc) is 2.37. The van der Waals surface area contributed by atoms with Crippen molar-refractivity contribution in [3.8, 4) is 0 Å². The van der Waals surface area contributed by atoms with Crippen LogP contribution in [0.2, 0.25) is 5.02 Å². The minimum absolute atomic E-state index is 0.0244. The van der Waals surface area contributed by atoms with Crippen molar-refractivity contribution < 1.29 is 12.8 Å². The smallest absolute Gasteiger partial charge is 0.182 e. The van der Waals surface area contributed by atoms with Crippen molar-refractivity contribution in [2.45, 2.75) is 17.6 Å². The molecule has 0 aliphatic rings. The van der Waals surface area contributed by atoms with E-state index in [1.807, 2.05) is 0 Å². The van der Waals surface area contributed by atoms with Crippen LogP contribution in [0.1, 0.15) is 11.1 Å². The lowest BCUT2D eigenvalue weighted by Crippen LogP contribution is -2.08. The second-order valence-electron chi connectivity index (χ2n) is 4.48. The van der Waals surface area contributed by atoms with E-state index in [0.29, 0.717) is 11.3 Å². The van der Waals surface area contributed by atoms with Gasteiger partial charge >= 0.3 is 0 Å². The van der Waals surface area contributed by atoms with Gasteiger partial charge < -0.3 is 5.73 Å². The molecular weight excluding hydrogens is 301 g/mol. The summed E-state index contributed by atoms with van der Waals surface area (Å²) in [5.74, 6) is -1.12. The van der Waals surface area contributed by atoms with Gasteiger partial charge in [-0.25, -0.2) is 12.8 Å². The molecular formula is C14H13ClFNO2S. The number of nitrogen functional groups attached to an aromatic ring is 1. The molecule has 0 aromatic heterocycles. The minimum atomic E-state index is -3.68.